The highest BCUT2D eigenvalue weighted by atomic mass is 79.9. The van der Waals surface area contributed by atoms with Gasteiger partial charge in [-0.15, -0.1) is 0 Å². The molecule has 1 N–H and O–H groups in total. The van der Waals surface area contributed by atoms with Crippen LogP contribution >= 0.6 is 15.9 Å². The van der Waals surface area contributed by atoms with Crippen molar-refractivity contribution in [1.29, 1.82) is 0 Å². The monoisotopic (exact) mass is 352 g/mol. The first-order chi connectivity index (χ1) is 9.92. The second kappa shape index (κ2) is 6.30. The van der Waals surface area contributed by atoms with Gasteiger partial charge < -0.3 is 9.84 Å². The fraction of sp³-hybridized carbons (Fsp3) is 0.333. The quantitative estimate of drug-likeness (QED) is 0.898. The van der Waals surface area contributed by atoms with Crippen LogP contribution in [0.3, 0.4) is 0 Å². The van der Waals surface area contributed by atoms with E-state index in [4.69, 9.17) is 9.84 Å². The number of benzene rings is 1. The number of nitrogens with zero attached hydrogens (tertiary/aromatic N) is 2. The summed E-state index contributed by atoms with van der Waals surface area (Å²) in [7, 11) is 1.63. The van der Waals surface area contributed by atoms with Crippen molar-refractivity contribution in [2.75, 3.05) is 7.11 Å². The van der Waals surface area contributed by atoms with Gasteiger partial charge in [0.25, 0.3) is 0 Å². The molecule has 0 aliphatic heterocycles. The summed E-state index contributed by atoms with van der Waals surface area (Å²) in [6, 6.07) is 5.79. The van der Waals surface area contributed by atoms with Crippen molar-refractivity contribution in [3.05, 3.63) is 45.2 Å². The highest BCUT2D eigenvalue weighted by molar-refractivity contribution is 9.10. The van der Waals surface area contributed by atoms with Crippen molar-refractivity contribution in [2.45, 2.75) is 26.8 Å². The molecule has 112 valence electrons. The maximum Gasteiger partial charge on any atom is 0.307 e. The Labute approximate surface area is 131 Å². The molecule has 0 radical (unpaired) electrons. The maximum absolute atomic E-state index is 10.9. The molecule has 0 bridgehead atoms. The normalized spacial score (nSPS) is 10.7. The van der Waals surface area contributed by atoms with E-state index in [1.807, 2.05) is 36.7 Å². The maximum atomic E-state index is 10.9. The Morgan fingerprint density at radius 1 is 1.43 bits per heavy atom. The minimum Gasteiger partial charge on any atom is -0.496 e. The Kier molecular flexibility index (Phi) is 4.67. The van der Waals surface area contributed by atoms with Crippen LogP contribution in [0, 0.1) is 13.8 Å². The number of rotatable bonds is 5. The Balaban J connectivity index is 2.36. The van der Waals surface area contributed by atoms with Gasteiger partial charge >= 0.3 is 5.97 Å². The summed E-state index contributed by atoms with van der Waals surface area (Å²) in [6.07, 6.45) is -0.00666. The molecular formula is C15H17BrN2O3. The second-order valence-corrected chi connectivity index (χ2v) is 5.75. The molecule has 0 aliphatic rings. The van der Waals surface area contributed by atoms with Crippen LogP contribution in [0.2, 0.25) is 0 Å². The van der Waals surface area contributed by atoms with E-state index >= 15 is 0 Å². The average Bonchev–Trinajstić information content (AvgIpc) is 2.66. The zero-order valence-electron chi connectivity index (χ0n) is 12.2. The second-order valence-electron chi connectivity index (χ2n) is 4.83. The Morgan fingerprint density at radius 2 is 2.14 bits per heavy atom. The van der Waals surface area contributed by atoms with Gasteiger partial charge in [-0.05, 0) is 32.0 Å². The van der Waals surface area contributed by atoms with Crippen LogP contribution in [-0.2, 0) is 17.8 Å². The van der Waals surface area contributed by atoms with Crippen molar-refractivity contribution in [2.24, 2.45) is 0 Å². The summed E-state index contributed by atoms with van der Waals surface area (Å²) in [5.41, 5.74) is 3.39. The van der Waals surface area contributed by atoms with Crippen LogP contribution in [0.4, 0.5) is 0 Å². The fourth-order valence-corrected chi connectivity index (χ4v) is 2.74. The average molecular weight is 353 g/mol. The number of methoxy groups -OCH3 is 1. The molecule has 1 aromatic heterocycles. The molecule has 0 atom stereocenters. The molecule has 5 nitrogen and oxygen atoms in total. The number of carboxylic acid groups (broad SMARTS) is 1. The molecule has 2 rings (SSSR count). The number of aromatic nitrogens is 2. The summed E-state index contributed by atoms with van der Waals surface area (Å²) in [5.74, 6) is -0.0636. The Hall–Kier alpha value is -1.82. The molecular weight excluding hydrogens is 336 g/mol. The fourth-order valence-electron chi connectivity index (χ4n) is 2.33. The third kappa shape index (κ3) is 3.44. The van der Waals surface area contributed by atoms with Crippen molar-refractivity contribution in [3.63, 3.8) is 0 Å². The predicted octanol–water partition coefficient (Wildman–Crippen LogP) is 2.95. The predicted molar refractivity (Wildman–Crippen MR) is 82.8 cm³/mol. The summed E-state index contributed by atoms with van der Waals surface area (Å²) < 4.78 is 8.14. The Morgan fingerprint density at radius 3 is 2.76 bits per heavy atom. The zero-order chi connectivity index (χ0) is 15.6. The van der Waals surface area contributed by atoms with Crippen LogP contribution in [0.15, 0.2) is 22.7 Å². The number of hydrogen-bond donors (Lipinski definition) is 1. The minimum absolute atomic E-state index is 0.00666. The number of halogens is 1. The molecule has 0 fully saturated rings. The van der Waals surface area contributed by atoms with E-state index in [9.17, 15) is 4.79 Å². The van der Waals surface area contributed by atoms with Gasteiger partial charge in [0.2, 0.25) is 0 Å². The first-order valence-electron chi connectivity index (χ1n) is 6.49. The van der Waals surface area contributed by atoms with E-state index in [0.29, 0.717) is 6.54 Å². The van der Waals surface area contributed by atoms with Crippen molar-refractivity contribution < 1.29 is 14.6 Å². The summed E-state index contributed by atoms with van der Waals surface area (Å²) in [4.78, 5) is 10.9. The number of carboxylic acids is 1. The Bertz CT molecular complexity index is 680. The summed E-state index contributed by atoms with van der Waals surface area (Å²) in [6.45, 7) is 4.26. The third-order valence-corrected chi connectivity index (χ3v) is 3.92. The van der Waals surface area contributed by atoms with Crippen LogP contribution in [0.5, 0.6) is 5.75 Å². The van der Waals surface area contributed by atoms with Gasteiger partial charge in [0.15, 0.2) is 0 Å². The molecule has 0 spiro atoms. The van der Waals surface area contributed by atoms with Gasteiger partial charge in [0.1, 0.15) is 5.75 Å². The van der Waals surface area contributed by atoms with Crippen LogP contribution in [0.25, 0.3) is 0 Å². The molecule has 0 unspecified atom stereocenters. The van der Waals surface area contributed by atoms with Gasteiger partial charge in [0.05, 0.1) is 25.8 Å². The molecule has 1 aromatic carbocycles. The van der Waals surface area contributed by atoms with E-state index in [1.165, 1.54) is 0 Å². The van der Waals surface area contributed by atoms with Gasteiger partial charge in [-0.1, -0.05) is 15.9 Å². The van der Waals surface area contributed by atoms with E-state index in [0.717, 1.165) is 32.7 Å². The number of ether oxygens (including phenoxy) is 1. The van der Waals surface area contributed by atoms with Crippen molar-refractivity contribution >= 4 is 21.9 Å². The highest BCUT2D eigenvalue weighted by Crippen LogP contribution is 2.25. The summed E-state index contributed by atoms with van der Waals surface area (Å²) >= 11 is 3.45. The SMILES string of the molecule is COc1ccc(Br)cc1Cn1nc(C)c(CC(=O)O)c1C. The number of carbonyl (C=O) groups is 1. The molecule has 0 amide bonds. The molecule has 21 heavy (non-hydrogen) atoms. The van der Waals surface area contributed by atoms with E-state index in [1.54, 1.807) is 7.11 Å². The van der Waals surface area contributed by atoms with Crippen molar-refractivity contribution in [3.8, 4) is 5.75 Å². The van der Waals surface area contributed by atoms with E-state index in [2.05, 4.69) is 21.0 Å². The molecule has 2 aromatic rings. The molecule has 6 heteroatoms. The van der Waals surface area contributed by atoms with Gasteiger partial charge in [-0.3, -0.25) is 9.48 Å². The minimum atomic E-state index is -0.846. The lowest BCUT2D eigenvalue weighted by Gasteiger charge is -2.10. The van der Waals surface area contributed by atoms with Gasteiger partial charge in [-0.25, -0.2) is 0 Å². The van der Waals surface area contributed by atoms with Gasteiger partial charge in [0, 0.05) is 21.3 Å². The molecule has 0 saturated carbocycles. The molecule has 0 saturated heterocycles. The third-order valence-electron chi connectivity index (χ3n) is 3.42. The van der Waals surface area contributed by atoms with Crippen LogP contribution < -0.4 is 4.74 Å². The smallest absolute Gasteiger partial charge is 0.307 e. The molecule has 0 aliphatic carbocycles. The highest BCUT2D eigenvalue weighted by Gasteiger charge is 2.15. The molecule has 1 heterocycles. The topological polar surface area (TPSA) is 64.4 Å². The summed E-state index contributed by atoms with van der Waals surface area (Å²) in [5, 5.41) is 13.4. The van der Waals surface area contributed by atoms with Gasteiger partial charge in [-0.2, -0.15) is 5.10 Å². The van der Waals surface area contributed by atoms with E-state index in [-0.39, 0.29) is 6.42 Å². The van der Waals surface area contributed by atoms with Crippen LogP contribution in [0.1, 0.15) is 22.5 Å². The van der Waals surface area contributed by atoms with Crippen LogP contribution in [-0.4, -0.2) is 28.0 Å². The lowest BCUT2D eigenvalue weighted by Crippen LogP contribution is -2.07. The van der Waals surface area contributed by atoms with Crippen molar-refractivity contribution in [1.82, 2.24) is 9.78 Å². The zero-order valence-corrected chi connectivity index (χ0v) is 13.8. The lowest BCUT2D eigenvalue weighted by molar-refractivity contribution is -0.136. The van der Waals surface area contributed by atoms with E-state index < -0.39 is 5.97 Å². The number of hydrogen-bond acceptors (Lipinski definition) is 3. The first kappa shape index (κ1) is 15.6. The number of aliphatic carboxylic acids is 1. The lowest BCUT2D eigenvalue weighted by atomic mass is 10.1. The number of aryl methyl sites for hydroxylation is 1. The standard InChI is InChI=1S/C15H17BrN2O3/c1-9-13(7-15(19)20)10(2)18(17-9)8-11-6-12(16)4-5-14(11)21-3/h4-6H,7-8H2,1-3H3,(H,19,20). The first-order valence-corrected chi connectivity index (χ1v) is 7.28. The largest absolute Gasteiger partial charge is 0.496 e.